The number of hydrogen-bond acceptors (Lipinski definition) is 4. The van der Waals surface area contributed by atoms with Crippen LogP contribution in [0.3, 0.4) is 0 Å². The minimum atomic E-state index is -0.376. The number of aliphatic hydroxyl groups is 1. The van der Waals surface area contributed by atoms with Crippen molar-refractivity contribution < 1.29 is 9.90 Å². The highest BCUT2D eigenvalue weighted by molar-refractivity contribution is 5.94. The van der Waals surface area contributed by atoms with Crippen molar-refractivity contribution in [2.45, 2.75) is 45.1 Å². The highest BCUT2D eigenvalue weighted by Gasteiger charge is 2.24. The number of rotatable bonds is 6. The van der Waals surface area contributed by atoms with Gasteiger partial charge in [0.2, 0.25) is 0 Å². The largest absolute Gasteiger partial charge is 0.396 e. The Kier molecular flexibility index (Phi) is 5.17. The van der Waals surface area contributed by atoms with Gasteiger partial charge in [-0.2, -0.15) is 0 Å². The molecule has 116 valence electrons. The van der Waals surface area contributed by atoms with Gasteiger partial charge in [0.25, 0.3) is 5.91 Å². The summed E-state index contributed by atoms with van der Waals surface area (Å²) in [6.07, 6.45) is 5.38. The van der Waals surface area contributed by atoms with Crippen LogP contribution < -0.4 is 10.2 Å². The third kappa shape index (κ3) is 3.94. The second kappa shape index (κ2) is 6.89. The third-order valence-electron chi connectivity index (χ3n) is 4.30. The molecule has 1 aliphatic rings. The van der Waals surface area contributed by atoms with Crippen molar-refractivity contribution in [3.8, 4) is 0 Å². The number of carbonyl (C=O) groups excluding carboxylic acids is 1. The molecule has 2 rings (SSSR count). The van der Waals surface area contributed by atoms with Crippen molar-refractivity contribution in [2.75, 3.05) is 24.6 Å². The molecule has 0 radical (unpaired) electrons. The first-order valence-electron chi connectivity index (χ1n) is 7.72. The highest BCUT2D eigenvalue weighted by Crippen LogP contribution is 2.19. The molecule has 1 aromatic heterocycles. The van der Waals surface area contributed by atoms with Crippen molar-refractivity contribution in [2.24, 2.45) is 0 Å². The van der Waals surface area contributed by atoms with Gasteiger partial charge >= 0.3 is 0 Å². The Hall–Kier alpha value is -1.62. The summed E-state index contributed by atoms with van der Waals surface area (Å²) in [5.41, 5.74) is 0.190. The zero-order valence-corrected chi connectivity index (χ0v) is 12.9. The fourth-order valence-electron chi connectivity index (χ4n) is 2.57. The monoisotopic (exact) mass is 291 g/mol. The van der Waals surface area contributed by atoms with Gasteiger partial charge in [0, 0.05) is 31.4 Å². The molecule has 1 fully saturated rings. The van der Waals surface area contributed by atoms with Crippen LogP contribution in [0, 0.1) is 0 Å². The third-order valence-corrected chi connectivity index (χ3v) is 4.30. The molecule has 5 nitrogen and oxygen atoms in total. The molecule has 0 aromatic carbocycles. The van der Waals surface area contributed by atoms with E-state index in [9.17, 15) is 4.79 Å². The predicted molar refractivity (Wildman–Crippen MR) is 83.5 cm³/mol. The number of anilines is 1. The van der Waals surface area contributed by atoms with E-state index < -0.39 is 0 Å². The number of carbonyl (C=O) groups is 1. The summed E-state index contributed by atoms with van der Waals surface area (Å²) in [5.74, 6) is 0.811. The number of amides is 1. The van der Waals surface area contributed by atoms with Crippen LogP contribution in [-0.4, -0.2) is 41.2 Å². The molecule has 1 aliphatic heterocycles. The molecule has 1 saturated heterocycles. The first kappa shape index (κ1) is 15.8. The molecule has 1 amide bonds. The SMILES string of the molecule is CCC(C)(CCO)NC(=O)c1ccc(N2CCCC2)nc1. The molecule has 1 aromatic rings. The average Bonchev–Trinajstić information content (AvgIpc) is 3.02. The zero-order chi connectivity index (χ0) is 15.3. The maximum absolute atomic E-state index is 12.3. The van der Waals surface area contributed by atoms with E-state index in [-0.39, 0.29) is 18.1 Å². The fourth-order valence-corrected chi connectivity index (χ4v) is 2.57. The van der Waals surface area contributed by atoms with Crippen molar-refractivity contribution >= 4 is 11.7 Å². The Morgan fingerprint density at radius 2 is 2.14 bits per heavy atom. The molecule has 0 saturated carbocycles. The summed E-state index contributed by atoms with van der Waals surface area (Å²) < 4.78 is 0. The lowest BCUT2D eigenvalue weighted by Crippen LogP contribution is -2.46. The summed E-state index contributed by atoms with van der Waals surface area (Å²) in [7, 11) is 0. The van der Waals surface area contributed by atoms with E-state index in [1.165, 1.54) is 12.8 Å². The lowest BCUT2D eigenvalue weighted by Gasteiger charge is -2.29. The van der Waals surface area contributed by atoms with Crippen molar-refractivity contribution in [3.05, 3.63) is 23.9 Å². The first-order valence-corrected chi connectivity index (χ1v) is 7.72. The first-order chi connectivity index (χ1) is 10.1. The Morgan fingerprint density at radius 3 is 2.67 bits per heavy atom. The van der Waals surface area contributed by atoms with E-state index in [0.717, 1.165) is 25.3 Å². The van der Waals surface area contributed by atoms with Gasteiger partial charge in [-0.1, -0.05) is 6.92 Å². The van der Waals surface area contributed by atoms with Crippen molar-refractivity contribution in [1.82, 2.24) is 10.3 Å². The Balaban J connectivity index is 2.02. The number of pyridine rings is 1. The molecule has 0 bridgehead atoms. The number of nitrogens with one attached hydrogen (secondary N) is 1. The smallest absolute Gasteiger partial charge is 0.253 e. The normalized spacial score (nSPS) is 17.6. The maximum atomic E-state index is 12.3. The number of nitrogens with zero attached hydrogens (tertiary/aromatic N) is 2. The summed E-state index contributed by atoms with van der Waals surface area (Å²) in [5, 5.41) is 12.1. The van der Waals surface area contributed by atoms with Crippen LogP contribution in [0.15, 0.2) is 18.3 Å². The summed E-state index contributed by atoms with van der Waals surface area (Å²) in [6.45, 7) is 6.11. The molecule has 2 N–H and O–H groups in total. The van der Waals surface area contributed by atoms with Gasteiger partial charge in [-0.15, -0.1) is 0 Å². The van der Waals surface area contributed by atoms with E-state index in [4.69, 9.17) is 5.11 Å². The van der Waals surface area contributed by atoms with E-state index >= 15 is 0 Å². The van der Waals surface area contributed by atoms with E-state index in [2.05, 4.69) is 15.2 Å². The van der Waals surface area contributed by atoms with Crippen molar-refractivity contribution in [1.29, 1.82) is 0 Å². The van der Waals surface area contributed by atoms with Gasteiger partial charge in [0.05, 0.1) is 5.56 Å². The lowest BCUT2D eigenvalue weighted by molar-refractivity contribution is 0.0886. The number of hydrogen-bond donors (Lipinski definition) is 2. The van der Waals surface area contributed by atoms with Crippen molar-refractivity contribution in [3.63, 3.8) is 0 Å². The molecular formula is C16H25N3O2. The molecule has 1 atom stereocenters. The van der Waals surface area contributed by atoms with Gasteiger partial charge < -0.3 is 15.3 Å². The molecule has 21 heavy (non-hydrogen) atoms. The Labute approximate surface area is 126 Å². The van der Waals surface area contributed by atoms with Crippen LogP contribution in [0.1, 0.15) is 49.9 Å². The Morgan fingerprint density at radius 1 is 1.43 bits per heavy atom. The van der Waals surface area contributed by atoms with Crippen LogP contribution in [0.5, 0.6) is 0 Å². The summed E-state index contributed by atoms with van der Waals surface area (Å²) in [6, 6.07) is 3.74. The fraction of sp³-hybridized carbons (Fsp3) is 0.625. The van der Waals surface area contributed by atoms with E-state index in [0.29, 0.717) is 12.0 Å². The molecule has 5 heteroatoms. The highest BCUT2D eigenvalue weighted by atomic mass is 16.3. The van der Waals surface area contributed by atoms with E-state index in [1.54, 1.807) is 6.20 Å². The van der Waals surface area contributed by atoms with Gasteiger partial charge in [-0.25, -0.2) is 4.98 Å². The average molecular weight is 291 g/mol. The maximum Gasteiger partial charge on any atom is 0.253 e. The van der Waals surface area contributed by atoms with Crippen LogP contribution in [0.2, 0.25) is 0 Å². The van der Waals surface area contributed by atoms with Gasteiger partial charge in [0.15, 0.2) is 0 Å². The second-order valence-corrected chi connectivity index (χ2v) is 5.94. The minimum absolute atomic E-state index is 0.0662. The minimum Gasteiger partial charge on any atom is -0.396 e. The molecule has 0 spiro atoms. The summed E-state index contributed by atoms with van der Waals surface area (Å²) >= 11 is 0. The van der Waals surface area contributed by atoms with Crippen LogP contribution >= 0.6 is 0 Å². The summed E-state index contributed by atoms with van der Waals surface area (Å²) in [4.78, 5) is 18.9. The standard InChI is InChI=1S/C16H25N3O2/c1-3-16(2,8-11-20)18-15(21)13-6-7-14(17-12-13)19-9-4-5-10-19/h6-7,12,20H,3-5,8-11H2,1-2H3,(H,18,21). The number of aromatic nitrogens is 1. The zero-order valence-electron chi connectivity index (χ0n) is 12.9. The Bertz CT molecular complexity index is 469. The van der Waals surface area contributed by atoms with Gasteiger partial charge in [0.1, 0.15) is 5.82 Å². The quantitative estimate of drug-likeness (QED) is 0.841. The van der Waals surface area contributed by atoms with Gasteiger partial charge in [-0.3, -0.25) is 4.79 Å². The van der Waals surface area contributed by atoms with Crippen LogP contribution in [0.4, 0.5) is 5.82 Å². The van der Waals surface area contributed by atoms with Crippen LogP contribution in [-0.2, 0) is 0 Å². The second-order valence-electron chi connectivity index (χ2n) is 5.94. The van der Waals surface area contributed by atoms with Gasteiger partial charge in [-0.05, 0) is 44.7 Å². The molecular weight excluding hydrogens is 266 g/mol. The van der Waals surface area contributed by atoms with E-state index in [1.807, 2.05) is 26.0 Å². The molecule has 2 heterocycles. The lowest BCUT2D eigenvalue weighted by atomic mass is 9.94. The predicted octanol–water partition coefficient (Wildman–Crippen LogP) is 1.96. The number of aliphatic hydroxyl groups excluding tert-OH is 1. The van der Waals surface area contributed by atoms with Crippen LogP contribution in [0.25, 0.3) is 0 Å². The molecule has 0 aliphatic carbocycles. The topological polar surface area (TPSA) is 65.5 Å². The molecule has 1 unspecified atom stereocenters.